The van der Waals surface area contributed by atoms with Crippen LogP contribution in [-0.2, 0) is 22.6 Å². The van der Waals surface area contributed by atoms with Gasteiger partial charge in [0.25, 0.3) is 0 Å². The molecule has 0 bridgehead atoms. The molecule has 0 spiro atoms. The minimum absolute atomic E-state index is 0.169. The molecular formula is C22H24N2O4. The molecule has 2 aromatic carbocycles. The predicted octanol–water partition coefficient (Wildman–Crippen LogP) is 3.01. The van der Waals surface area contributed by atoms with Crippen LogP contribution >= 0.6 is 0 Å². The van der Waals surface area contributed by atoms with E-state index >= 15 is 0 Å². The zero-order valence-corrected chi connectivity index (χ0v) is 16.2. The molecule has 0 fully saturated rings. The van der Waals surface area contributed by atoms with Crippen LogP contribution in [0.4, 0.5) is 5.69 Å². The van der Waals surface area contributed by atoms with E-state index in [4.69, 9.17) is 9.47 Å². The van der Waals surface area contributed by atoms with Crippen LogP contribution in [0, 0.1) is 5.41 Å². The minimum Gasteiger partial charge on any atom is -0.486 e. The van der Waals surface area contributed by atoms with E-state index in [1.807, 2.05) is 18.2 Å². The number of carbonyl (C=O) groups is 2. The van der Waals surface area contributed by atoms with E-state index in [2.05, 4.69) is 11.4 Å². The van der Waals surface area contributed by atoms with E-state index in [0.29, 0.717) is 43.5 Å². The molecule has 1 N–H and O–H groups in total. The summed E-state index contributed by atoms with van der Waals surface area (Å²) in [6.07, 6.45) is 0.807. The fraction of sp³-hybridized carbons (Fsp3) is 0.364. The summed E-state index contributed by atoms with van der Waals surface area (Å²) in [5.74, 6) is 0.748. The number of amides is 2. The maximum Gasteiger partial charge on any atom is 0.239 e. The summed E-state index contributed by atoms with van der Waals surface area (Å²) in [7, 11) is 0. The van der Waals surface area contributed by atoms with Gasteiger partial charge in [0.1, 0.15) is 18.6 Å². The summed E-state index contributed by atoms with van der Waals surface area (Å²) < 4.78 is 11.1. The monoisotopic (exact) mass is 380 g/mol. The Morgan fingerprint density at radius 1 is 1.00 bits per heavy atom. The molecule has 0 saturated carbocycles. The smallest absolute Gasteiger partial charge is 0.239 e. The highest BCUT2D eigenvalue weighted by molar-refractivity contribution is 6.10. The Balaban J connectivity index is 1.47. The molecule has 2 amide bonds. The van der Waals surface area contributed by atoms with Gasteiger partial charge in [-0.25, -0.2) is 0 Å². The van der Waals surface area contributed by atoms with Crippen molar-refractivity contribution in [1.29, 1.82) is 0 Å². The summed E-state index contributed by atoms with van der Waals surface area (Å²) >= 11 is 0. The van der Waals surface area contributed by atoms with E-state index < -0.39 is 5.41 Å². The van der Waals surface area contributed by atoms with Crippen LogP contribution in [0.25, 0.3) is 0 Å². The minimum atomic E-state index is -1.18. The first-order valence-corrected chi connectivity index (χ1v) is 9.52. The quantitative estimate of drug-likeness (QED) is 0.832. The summed E-state index contributed by atoms with van der Waals surface area (Å²) in [6.45, 7) is 5.49. The van der Waals surface area contributed by atoms with Crippen molar-refractivity contribution in [3.63, 3.8) is 0 Å². The Labute approximate surface area is 164 Å². The number of rotatable bonds is 3. The first-order valence-electron chi connectivity index (χ1n) is 9.52. The molecular weight excluding hydrogens is 356 g/mol. The van der Waals surface area contributed by atoms with Gasteiger partial charge in [-0.05, 0) is 43.5 Å². The Morgan fingerprint density at radius 3 is 2.50 bits per heavy atom. The average Bonchev–Trinajstić information content (AvgIpc) is 2.72. The molecule has 0 aromatic heterocycles. The molecule has 0 unspecified atom stereocenters. The highest BCUT2D eigenvalue weighted by Crippen LogP contribution is 2.33. The first kappa shape index (κ1) is 18.3. The lowest BCUT2D eigenvalue weighted by Crippen LogP contribution is -2.48. The van der Waals surface area contributed by atoms with Crippen molar-refractivity contribution in [1.82, 2.24) is 4.90 Å². The van der Waals surface area contributed by atoms with Crippen molar-refractivity contribution in [2.24, 2.45) is 5.41 Å². The zero-order chi connectivity index (χ0) is 19.7. The molecule has 28 heavy (non-hydrogen) atoms. The Bertz CT molecular complexity index is 923. The summed E-state index contributed by atoms with van der Waals surface area (Å²) in [5, 5.41) is 2.85. The van der Waals surface area contributed by atoms with Crippen LogP contribution in [0.5, 0.6) is 11.5 Å². The number of carbonyl (C=O) groups excluding carboxylic acids is 2. The Hall–Kier alpha value is -3.02. The van der Waals surface area contributed by atoms with E-state index in [0.717, 1.165) is 12.0 Å². The number of ether oxygens (including phenoxy) is 2. The van der Waals surface area contributed by atoms with E-state index in [1.165, 1.54) is 5.56 Å². The molecule has 4 rings (SSSR count). The third kappa shape index (κ3) is 3.42. The number of anilines is 1. The van der Waals surface area contributed by atoms with Crippen molar-refractivity contribution in [2.75, 3.05) is 25.1 Å². The second-order valence-corrected chi connectivity index (χ2v) is 7.68. The Morgan fingerprint density at radius 2 is 1.71 bits per heavy atom. The summed E-state index contributed by atoms with van der Waals surface area (Å²) in [4.78, 5) is 27.8. The first-order chi connectivity index (χ1) is 13.4. The van der Waals surface area contributed by atoms with Crippen molar-refractivity contribution >= 4 is 17.5 Å². The second kappa shape index (κ2) is 7.19. The van der Waals surface area contributed by atoms with Gasteiger partial charge in [-0.1, -0.05) is 24.3 Å². The molecule has 2 aromatic rings. The molecule has 0 atom stereocenters. The SMILES string of the molecule is CC(C)(C(=O)Nc1ccc2c(c1)OCCO2)C(=O)N1CCc2ccccc2C1. The number of hydrogen-bond acceptors (Lipinski definition) is 4. The molecule has 0 radical (unpaired) electrons. The zero-order valence-electron chi connectivity index (χ0n) is 16.2. The summed E-state index contributed by atoms with van der Waals surface area (Å²) in [5.41, 5.74) is 1.81. The third-order valence-corrected chi connectivity index (χ3v) is 5.32. The van der Waals surface area contributed by atoms with Crippen molar-refractivity contribution in [3.8, 4) is 11.5 Å². The van der Waals surface area contributed by atoms with Crippen LogP contribution in [0.2, 0.25) is 0 Å². The van der Waals surface area contributed by atoms with Gasteiger partial charge in [-0.15, -0.1) is 0 Å². The number of benzene rings is 2. The standard InChI is InChI=1S/C22H24N2O4/c1-22(2,21(26)24-10-9-15-5-3-4-6-16(15)14-24)20(25)23-17-7-8-18-19(13-17)28-12-11-27-18/h3-8,13H,9-12,14H2,1-2H3,(H,23,25). The lowest BCUT2D eigenvalue weighted by Gasteiger charge is -2.34. The maximum absolute atomic E-state index is 13.1. The van der Waals surface area contributed by atoms with Gasteiger partial charge in [-0.2, -0.15) is 0 Å². The van der Waals surface area contributed by atoms with Crippen molar-refractivity contribution < 1.29 is 19.1 Å². The van der Waals surface area contributed by atoms with Gasteiger partial charge in [0.05, 0.1) is 0 Å². The lowest BCUT2D eigenvalue weighted by molar-refractivity contribution is -0.147. The van der Waals surface area contributed by atoms with Crippen LogP contribution in [0.3, 0.4) is 0 Å². The normalized spacial score (nSPS) is 15.6. The van der Waals surface area contributed by atoms with E-state index in [9.17, 15) is 9.59 Å². The molecule has 6 nitrogen and oxygen atoms in total. The van der Waals surface area contributed by atoms with E-state index in [-0.39, 0.29) is 11.8 Å². The molecule has 6 heteroatoms. The van der Waals surface area contributed by atoms with Gasteiger partial charge < -0.3 is 19.7 Å². The molecule has 0 saturated heterocycles. The number of hydrogen-bond donors (Lipinski definition) is 1. The fourth-order valence-electron chi connectivity index (χ4n) is 3.57. The topological polar surface area (TPSA) is 67.9 Å². The van der Waals surface area contributed by atoms with Crippen LogP contribution in [0.1, 0.15) is 25.0 Å². The number of nitrogens with one attached hydrogen (secondary N) is 1. The van der Waals surface area contributed by atoms with Gasteiger partial charge >= 0.3 is 0 Å². The van der Waals surface area contributed by atoms with Gasteiger partial charge in [0, 0.05) is 24.8 Å². The van der Waals surface area contributed by atoms with Crippen molar-refractivity contribution in [3.05, 3.63) is 53.6 Å². The molecule has 146 valence electrons. The lowest BCUT2D eigenvalue weighted by atomic mass is 9.88. The fourth-order valence-corrected chi connectivity index (χ4v) is 3.57. The molecule has 0 aliphatic carbocycles. The largest absolute Gasteiger partial charge is 0.486 e. The van der Waals surface area contributed by atoms with Crippen LogP contribution in [0.15, 0.2) is 42.5 Å². The Kier molecular flexibility index (Phi) is 4.71. The highest BCUT2D eigenvalue weighted by Gasteiger charge is 2.40. The van der Waals surface area contributed by atoms with Crippen molar-refractivity contribution in [2.45, 2.75) is 26.8 Å². The second-order valence-electron chi connectivity index (χ2n) is 7.68. The predicted molar refractivity (Wildman–Crippen MR) is 105 cm³/mol. The van der Waals surface area contributed by atoms with Crippen LogP contribution in [-0.4, -0.2) is 36.5 Å². The van der Waals surface area contributed by atoms with Gasteiger partial charge in [0.2, 0.25) is 11.8 Å². The van der Waals surface area contributed by atoms with Gasteiger partial charge in [0.15, 0.2) is 11.5 Å². The maximum atomic E-state index is 13.1. The van der Waals surface area contributed by atoms with Gasteiger partial charge in [-0.3, -0.25) is 9.59 Å². The number of nitrogens with zero attached hydrogens (tertiary/aromatic N) is 1. The average molecular weight is 380 g/mol. The van der Waals surface area contributed by atoms with E-state index in [1.54, 1.807) is 36.9 Å². The summed E-state index contributed by atoms with van der Waals surface area (Å²) in [6, 6.07) is 13.4. The molecule has 2 aliphatic heterocycles. The third-order valence-electron chi connectivity index (χ3n) is 5.32. The number of fused-ring (bicyclic) bond motifs is 2. The van der Waals surface area contributed by atoms with Crippen LogP contribution < -0.4 is 14.8 Å². The highest BCUT2D eigenvalue weighted by atomic mass is 16.6. The molecule has 2 aliphatic rings. The molecule has 2 heterocycles.